The number of nitrogens with one attached hydrogen (secondary N) is 2. The van der Waals surface area contributed by atoms with Gasteiger partial charge in [-0.05, 0) is 37.8 Å². The third-order valence-electron chi connectivity index (χ3n) is 3.71. The minimum Gasteiger partial charge on any atom is -0.369 e. The number of hydrogen-bond acceptors (Lipinski definition) is 5. The van der Waals surface area contributed by atoms with Gasteiger partial charge in [0.15, 0.2) is 0 Å². The molecule has 0 radical (unpaired) electrons. The molecule has 2 atom stereocenters. The van der Waals surface area contributed by atoms with Gasteiger partial charge in [-0.3, -0.25) is 0 Å². The van der Waals surface area contributed by atoms with Gasteiger partial charge in [-0.15, -0.1) is 0 Å². The maximum atomic E-state index is 11.4. The lowest BCUT2D eigenvalue weighted by molar-refractivity contribution is 0.463. The Hall–Kier alpha value is -1.65. The van der Waals surface area contributed by atoms with E-state index in [0.717, 1.165) is 25.0 Å². The Labute approximate surface area is 125 Å². The zero-order valence-corrected chi connectivity index (χ0v) is 13.1. The highest BCUT2D eigenvalue weighted by Gasteiger charge is 2.29. The number of aromatic nitrogens is 1. The lowest BCUT2D eigenvalue weighted by Gasteiger charge is -2.21. The summed E-state index contributed by atoms with van der Waals surface area (Å²) < 4.78 is 25.4. The van der Waals surface area contributed by atoms with Gasteiger partial charge in [-0.1, -0.05) is 6.42 Å². The number of anilines is 1. The lowest BCUT2D eigenvalue weighted by atomic mass is 10.0. The van der Waals surface area contributed by atoms with Crippen molar-refractivity contribution >= 4 is 15.8 Å². The Morgan fingerprint density at radius 2 is 2.19 bits per heavy atom. The number of sulfonamides is 1. The van der Waals surface area contributed by atoms with Gasteiger partial charge in [0.25, 0.3) is 0 Å². The molecule has 1 aliphatic carbocycles. The molecule has 1 aliphatic rings. The summed E-state index contributed by atoms with van der Waals surface area (Å²) in [5.74, 6) is 0.788. The molecule has 6 nitrogen and oxygen atoms in total. The summed E-state index contributed by atoms with van der Waals surface area (Å²) in [5.41, 5.74) is 1.35. The molecule has 1 aromatic heterocycles. The van der Waals surface area contributed by atoms with Crippen molar-refractivity contribution in [2.75, 3.05) is 18.1 Å². The summed E-state index contributed by atoms with van der Waals surface area (Å²) in [7, 11) is -3.19. The summed E-state index contributed by atoms with van der Waals surface area (Å²) in [6.07, 6.45) is 4.01. The third-order valence-corrected chi connectivity index (χ3v) is 4.44. The maximum absolute atomic E-state index is 11.4. The van der Waals surface area contributed by atoms with Gasteiger partial charge < -0.3 is 5.32 Å². The topological polar surface area (TPSA) is 94.9 Å². The Bertz CT molecular complexity index is 651. The standard InChI is InChI=1S/C14H20N4O2S/c1-10-6-7-11(8-15)14(17-10)16-9-12-4-3-5-13(12)18-21(2,19)20/h6-7,12-13,18H,3-5,9H2,1-2H3,(H,16,17)/t12-,13-/m0/s1. The quantitative estimate of drug-likeness (QED) is 0.857. The van der Waals surface area contributed by atoms with Crippen LogP contribution in [0.25, 0.3) is 0 Å². The third kappa shape index (κ3) is 4.41. The first kappa shape index (κ1) is 15.7. The number of aryl methyl sites for hydroxylation is 1. The van der Waals surface area contributed by atoms with E-state index < -0.39 is 10.0 Å². The second-order valence-electron chi connectivity index (χ2n) is 5.53. The van der Waals surface area contributed by atoms with Gasteiger partial charge in [0.1, 0.15) is 11.9 Å². The van der Waals surface area contributed by atoms with Crippen molar-refractivity contribution < 1.29 is 8.42 Å². The molecule has 114 valence electrons. The largest absolute Gasteiger partial charge is 0.369 e. The van der Waals surface area contributed by atoms with Crippen molar-refractivity contribution in [3.05, 3.63) is 23.4 Å². The first-order valence-corrected chi connectivity index (χ1v) is 8.87. The van der Waals surface area contributed by atoms with Crippen LogP contribution in [0.1, 0.15) is 30.5 Å². The normalized spacial score (nSPS) is 22.0. The van der Waals surface area contributed by atoms with Crippen molar-refractivity contribution in [1.82, 2.24) is 9.71 Å². The molecule has 0 amide bonds. The molecular weight excluding hydrogens is 288 g/mol. The van der Waals surface area contributed by atoms with Crippen molar-refractivity contribution in [1.29, 1.82) is 5.26 Å². The van der Waals surface area contributed by atoms with E-state index >= 15 is 0 Å². The maximum Gasteiger partial charge on any atom is 0.208 e. The summed E-state index contributed by atoms with van der Waals surface area (Å²) in [6, 6.07) is 5.61. The number of rotatable bonds is 5. The number of pyridine rings is 1. The molecule has 2 rings (SSSR count). The predicted molar refractivity (Wildman–Crippen MR) is 81.3 cm³/mol. The van der Waals surface area contributed by atoms with Gasteiger partial charge in [0, 0.05) is 18.3 Å². The Morgan fingerprint density at radius 1 is 1.43 bits per heavy atom. The summed E-state index contributed by atoms with van der Waals surface area (Å²) in [6.45, 7) is 2.48. The van der Waals surface area contributed by atoms with Gasteiger partial charge in [-0.25, -0.2) is 18.1 Å². The van der Waals surface area contributed by atoms with Crippen LogP contribution in [0.2, 0.25) is 0 Å². The molecule has 0 aliphatic heterocycles. The first-order chi connectivity index (χ1) is 9.89. The van der Waals surface area contributed by atoms with Crippen molar-refractivity contribution in [3.63, 3.8) is 0 Å². The second kappa shape index (κ2) is 6.41. The number of hydrogen-bond donors (Lipinski definition) is 2. The molecule has 7 heteroatoms. The highest BCUT2D eigenvalue weighted by atomic mass is 32.2. The molecule has 1 aromatic rings. The SMILES string of the molecule is Cc1ccc(C#N)c(NC[C@@H]2CCC[C@@H]2NS(C)(=O)=O)n1. The molecular formula is C14H20N4O2S. The van der Waals surface area contributed by atoms with Crippen molar-refractivity contribution in [3.8, 4) is 6.07 Å². The highest BCUT2D eigenvalue weighted by Crippen LogP contribution is 2.26. The minimum absolute atomic E-state index is 0.0390. The summed E-state index contributed by atoms with van der Waals surface area (Å²) in [4.78, 5) is 4.33. The average molecular weight is 308 g/mol. The lowest BCUT2D eigenvalue weighted by Crippen LogP contribution is -2.39. The molecule has 1 saturated carbocycles. The first-order valence-electron chi connectivity index (χ1n) is 6.98. The zero-order valence-electron chi connectivity index (χ0n) is 12.3. The van der Waals surface area contributed by atoms with Crippen LogP contribution in [-0.4, -0.2) is 32.2 Å². The average Bonchev–Trinajstić information content (AvgIpc) is 2.81. The van der Waals surface area contributed by atoms with E-state index in [1.54, 1.807) is 12.1 Å². The molecule has 1 heterocycles. The molecule has 21 heavy (non-hydrogen) atoms. The van der Waals surface area contributed by atoms with Gasteiger partial charge in [0.2, 0.25) is 10.0 Å². The van der Waals surface area contributed by atoms with E-state index in [-0.39, 0.29) is 12.0 Å². The molecule has 1 fully saturated rings. The smallest absolute Gasteiger partial charge is 0.208 e. The van der Waals surface area contributed by atoms with Crippen LogP contribution >= 0.6 is 0 Å². The molecule has 0 unspecified atom stereocenters. The van der Waals surface area contributed by atoms with Crippen LogP contribution in [0.4, 0.5) is 5.82 Å². The van der Waals surface area contributed by atoms with Gasteiger partial charge >= 0.3 is 0 Å². The van der Waals surface area contributed by atoms with Crippen molar-refractivity contribution in [2.45, 2.75) is 32.2 Å². The van der Waals surface area contributed by atoms with E-state index in [0.29, 0.717) is 17.9 Å². The van der Waals surface area contributed by atoms with Crippen LogP contribution in [0, 0.1) is 24.2 Å². The second-order valence-corrected chi connectivity index (χ2v) is 7.31. The molecule has 0 saturated heterocycles. The van der Waals surface area contributed by atoms with Crippen LogP contribution in [0.15, 0.2) is 12.1 Å². The van der Waals surface area contributed by atoms with Crippen LogP contribution in [0.3, 0.4) is 0 Å². The molecule has 0 aromatic carbocycles. The van der Waals surface area contributed by atoms with Crippen LogP contribution in [0.5, 0.6) is 0 Å². The predicted octanol–water partition coefficient (Wildman–Crippen LogP) is 1.39. The fourth-order valence-corrected chi connectivity index (χ4v) is 3.58. The molecule has 0 bridgehead atoms. The fourth-order valence-electron chi connectivity index (χ4n) is 2.72. The zero-order chi connectivity index (χ0) is 15.5. The van der Waals surface area contributed by atoms with E-state index in [1.807, 2.05) is 6.92 Å². The number of nitriles is 1. The summed E-state index contributed by atoms with van der Waals surface area (Å²) >= 11 is 0. The molecule has 2 N–H and O–H groups in total. The molecule has 0 spiro atoms. The van der Waals surface area contributed by atoms with E-state index in [9.17, 15) is 8.42 Å². The summed E-state index contributed by atoms with van der Waals surface area (Å²) in [5, 5.41) is 12.3. The fraction of sp³-hybridized carbons (Fsp3) is 0.571. The van der Waals surface area contributed by atoms with Crippen LogP contribution < -0.4 is 10.0 Å². The van der Waals surface area contributed by atoms with E-state index in [2.05, 4.69) is 21.1 Å². The van der Waals surface area contributed by atoms with Crippen molar-refractivity contribution in [2.24, 2.45) is 5.92 Å². The van der Waals surface area contributed by atoms with Gasteiger partial charge in [0.05, 0.1) is 11.8 Å². The minimum atomic E-state index is -3.19. The van der Waals surface area contributed by atoms with E-state index in [4.69, 9.17) is 5.26 Å². The van der Waals surface area contributed by atoms with E-state index in [1.165, 1.54) is 6.26 Å². The Kier molecular flexibility index (Phi) is 4.80. The monoisotopic (exact) mass is 308 g/mol. The number of nitrogens with zero attached hydrogens (tertiary/aromatic N) is 2. The Morgan fingerprint density at radius 3 is 2.86 bits per heavy atom. The highest BCUT2D eigenvalue weighted by molar-refractivity contribution is 7.88. The van der Waals surface area contributed by atoms with Crippen LogP contribution in [-0.2, 0) is 10.0 Å². The Balaban J connectivity index is 2.02. The van der Waals surface area contributed by atoms with Gasteiger partial charge in [-0.2, -0.15) is 5.26 Å².